The summed E-state index contributed by atoms with van der Waals surface area (Å²) in [6.45, 7) is 6.07. The van der Waals surface area contributed by atoms with E-state index in [9.17, 15) is 0 Å². The Morgan fingerprint density at radius 1 is 0.955 bits per heavy atom. The Balaban J connectivity index is 1.70. The van der Waals surface area contributed by atoms with Crippen LogP contribution in [0.4, 0.5) is 0 Å². The van der Waals surface area contributed by atoms with E-state index in [0.717, 1.165) is 17.8 Å². The SMILES string of the molecule is CC1CC[C@@H](C)CN(C)C1c1ccc(CC2CCCC2)cc1. The van der Waals surface area contributed by atoms with Crippen LogP contribution in [0.3, 0.4) is 0 Å². The standard InChI is InChI=1S/C21H33N/c1-16-8-9-17(2)21(22(3)15-16)20-12-10-19(11-13-20)14-18-6-4-5-7-18/h10-13,16-18,21H,4-9,14-15H2,1-3H3/t16-,17?,21?/m1/s1. The van der Waals surface area contributed by atoms with Crippen LogP contribution in [0, 0.1) is 17.8 Å². The smallest absolute Gasteiger partial charge is 0.0370 e. The van der Waals surface area contributed by atoms with Crippen molar-refractivity contribution < 1.29 is 0 Å². The van der Waals surface area contributed by atoms with Gasteiger partial charge < -0.3 is 0 Å². The monoisotopic (exact) mass is 299 g/mol. The first-order valence-electron chi connectivity index (χ1n) is 9.42. The maximum absolute atomic E-state index is 2.59. The van der Waals surface area contributed by atoms with Crippen LogP contribution in [-0.4, -0.2) is 18.5 Å². The van der Waals surface area contributed by atoms with Gasteiger partial charge in [0.05, 0.1) is 0 Å². The van der Waals surface area contributed by atoms with Crippen molar-refractivity contribution in [2.75, 3.05) is 13.6 Å². The van der Waals surface area contributed by atoms with Crippen molar-refractivity contribution in [3.63, 3.8) is 0 Å². The lowest BCUT2D eigenvalue weighted by molar-refractivity contribution is 0.191. The number of hydrogen-bond donors (Lipinski definition) is 0. The molecule has 0 aromatic heterocycles. The highest BCUT2D eigenvalue weighted by Gasteiger charge is 2.28. The predicted molar refractivity (Wildman–Crippen MR) is 95.0 cm³/mol. The highest BCUT2D eigenvalue weighted by Crippen LogP contribution is 2.36. The number of rotatable bonds is 3. The Labute approximate surface area is 137 Å². The van der Waals surface area contributed by atoms with E-state index in [1.165, 1.54) is 57.1 Å². The van der Waals surface area contributed by atoms with Gasteiger partial charge in [-0.15, -0.1) is 0 Å². The van der Waals surface area contributed by atoms with E-state index in [-0.39, 0.29) is 0 Å². The number of benzene rings is 1. The fraction of sp³-hybridized carbons (Fsp3) is 0.714. The van der Waals surface area contributed by atoms with Gasteiger partial charge in [-0.05, 0) is 55.2 Å². The molecular formula is C21H33N. The van der Waals surface area contributed by atoms with E-state index >= 15 is 0 Å². The number of likely N-dealkylation sites (tertiary alicyclic amines) is 1. The van der Waals surface area contributed by atoms with Gasteiger partial charge in [-0.2, -0.15) is 0 Å². The van der Waals surface area contributed by atoms with Crippen LogP contribution in [0.15, 0.2) is 24.3 Å². The molecule has 0 amide bonds. The molecule has 1 saturated heterocycles. The second-order valence-corrected chi connectivity index (χ2v) is 8.14. The normalized spacial score (nSPS) is 31.3. The maximum atomic E-state index is 2.59. The van der Waals surface area contributed by atoms with Gasteiger partial charge >= 0.3 is 0 Å². The topological polar surface area (TPSA) is 3.24 Å². The minimum atomic E-state index is 0.602. The van der Waals surface area contributed by atoms with Crippen LogP contribution in [0.1, 0.15) is 69.5 Å². The lowest BCUT2D eigenvalue weighted by atomic mass is 9.89. The Hall–Kier alpha value is -0.820. The summed E-state index contributed by atoms with van der Waals surface area (Å²) < 4.78 is 0. The van der Waals surface area contributed by atoms with Crippen LogP contribution in [0.2, 0.25) is 0 Å². The van der Waals surface area contributed by atoms with Crippen molar-refractivity contribution in [3.05, 3.63) is 35.4 Å². The van der Waals surface area contributed by atoms with E-state index in [1.54, 1.807) is 5.56 Å². The Morgan fingerprint density at radius 2 is 1.64 bits per heavy atom. The first-order chi connectivity index (χ1) is 10.6. The third kappa shape index (κ3) is 3.74. The van der Waals surface area contributed by atoms with Crippen LogP contribution in [0.5, 0.6) is 0 Å². The third-order valence-electron chi connectivity index (χ3n) is 6.05. The van der Waals surface area contributed by atoms with E-state index < -0.39 is 0 Å². The molecule has 1 aliphatic carbocycles. The Kier molecular flexibility index (Phi) is 5.23. The third-order valence-corrected chi connectivity index (χ3v) is 6.05. The second kappa shape index (κ2) is 7.17. The van der Waals surface area contributed by atoms with Gasteiger partial charge in [-0.25, -0.2) is 0 Å². The summed E-state index contributed by atoms with van der Waals surface area (Å²) in [7, 11) is 2.31. The first-order valence-corrected chi connectivity index (χ1v) is 9.42. The van der Waals surface area contributed by atoms with Crippen LogP contribution < -0.4 is 0 Å². The summed E-state index contributed by atoms with van der Waals surface area (Å²) in [6, 6.07) is 10.2. The largest absolute Gasteiger partial charge is 0.299 e. The van der Waals surface area contributed by atoms with Gasteiger partial charge in [-0.3, -0.25) is 4.90 Å². The minimum absolute atomic E-state index is 0.602. The molecule has 3 atom stereocenters. The molecule has 1 saturated carbocycles. The van der Waals surface area contributed by atoms with Crippen LogP contribution >= 0.6 is 0 Å². The molecule has 2 unspecified atom stereocenters. The van der Waals surface area contributed by atoms with Gasteiger partial charge in [0.15, 0.2) is 0 Å². The van der Waals surface area contributed by atoms with Crippen molar-refractivity contribution in [2.24, 2.45) is 17.8 Å². The molecule has 1 aromatic carbocycles. The van der Waals surface area contributed by atoms with E-state index in [1.807, 2.05) is 0 Å². The Bertz CT molecular complexity index is 457. The zero-order chi connectivity index (χ0) is 15.5. The molecule has 122 valence electrons. The summed E-state index contributed by atoms with van der Waals surface area (Å²) >= 11 is 0. The number of nitrogens with zero attached hydrogens (tertiary/aromatic N) is 1. The maximum Gasteiger partial charge on any atom is 0.0370 e. The molecule has 1 heterocycles. The van der Waals surface area contributed by atoms with Gasteiger partial charge in [0.2, 0.25) is 0 Å². The fourth-order valence-corrected chi connectivity index (χ4v) is 4.82. The van der Waals surface area contributed by atoms with E-state index in [2.05, 4.69) is 50.1 Å². The average Bonchev–Trinajstić information content (AvgIpc) is 2.95. The van der Waals surface area contributed by atoms with Gasteiger partial charge in [0, 0.05) is 12.6 Å². The highest BCUT2D eigenvalue weighted by molar-refractivity contribution is 5.26. The second-order valence-electron chi connectivity index (χ2n) is 8.14. The van der Waals surface area contributed by atoms with Crippen molar-refractivity contribution in [1.82, 2.24) is 4.90 Å². The molecule has 2 fully saturated rings. The summed E-state index contributed by atoms with van der Waals surface area (Å²) in [5.74, 6) is 2.54. The van der Waals surface area contributed by atoms with Crippen LogP contribution in [0.25, 0.3) is 0 Å². The fourth-order valence-electron chi connectivity index (χ4n) is 4.82. The van der Waals surface area contributed by atoms with Crippen molar-refractivity contribution >= 4 is 0 Å². The predicted octanol–water partition coefficient (Wildman–Crippen LogP) is 5.46. The minimum Gasteiger partial charge on any atom is -0.299 e. The Morgan fingerprint density at radius 3 is 2.32 bits per heavy atom. The van der Waals surface area contributed by atoms with Crippen molar-refractivity contribution in [2.45, 2.75) is 64.8 Å². The lowest BCUT2D eigenvalue weighted by Gasteiger charge is -2.31. The van der Waals surface area contributed by atoms with Gasteiger partial charge in [-0.1, -0.05) is 63.8 Å². The molecule has 1 heteroatoms. The molecule has 22 heavy (non-hydrogen) atoms. The van der Waals surface area contributed by atoms with Crippen LogP contribution in [-0.2, 0) is 6.42 Å². The zero-order valence-electron chi connectivity index (χ0n) is 14.7. The zero-order valence-corrected chi connectivity index (χ0v) is 14.7. The molecule has 1 nitrogen and oxygen atoms in total. The molecule has 0 spiro atoms. The summed E-state index contributed by atoms with van der Waals surface area (Å²) in [6.07, 6.45) is 9.83. The molecule has 1 aliphatic heterocycles. The van der Waals surface area contributed by atoms with E-state index in [4.69, 9.17) is 0 Å². The van der Waals surface area contributed by atoms with E-state index in [0.29, 0.717) is 6.04 Å². The van der Waals surface area contributed by atoms with Crippen molar-refractivity contribution in [1.29, 1.82) is 0 Å². The molecule has 2 aliphatic rings. The molecule has 0 N–H and O–H groups in total. The molecular weight excluding hydrogens is 266 g/mol. The summed E-state index contributed by atoms with van der Waals surface area (Å²) in [5, 5.41) is 0. The first kappa shape index (κ1) is 16.1. The van der Waals surface area contributed by atoms with Gasteiger partial charge in [0.1, 0.15) is 0 Å². The lowest BCUT2D eigenvalue weighted by Crippen LogP contribution is -2.29. The highest BCUT2D eigenvalue weighted by atomic mass is 15.1. The average molecular weight is 300 g/mol. The molecule has 0 bridgehead atoms. The quantitative estimate of drug-likeness (QED) is 0.716. The molecule has 0 radical (unpaired) electrons. The molecule has 3 rings (SSSR count). The number of hydrogen-bond acceptors (Lipinski definition) is 1. The summed E-state index contributed by atoms with van der Waals surface area (Å²) in [4.78, 5) is 2.59. The van der Waals surface area contributed by atoms with Crippen molar-refractivity contribution in [3.8, 4) is 0 Å². The summed E-state index contributed by atoms with van der Waals surface area (Å²) in [5.41, 5.74) is 3.08. The molecule has 1 aromatic rings. The van der Waals surface area contributed by atoms with Gasteiger partial charge in [0.25, 0.3) is 0 Å².